The molecule has 10 heteroatoms. The van der Waals surface area contributed by atoms with E-state index < -0.39 is 11.9 Å². The number of carbonyl (C=O) groups excluding carboxylic acids is 1. The standard InChI is InChI=1S/C32H29FN4O2S.2ClH/c1-36-14-12-20(13-15-36)19-6-8-21(9-7-19)28-16-22-18-37(32(39)30(22)40-28)29(24-17-23(33)10-11-27(24)38)31-34-25-4-2-3-5-26(25)35-31;;/h2-11,16-17,20,29,38H,12-15,18H2,1H3,(H,34,35);2*1H. The lowest BCUT2D eigenvalue weighted by atomic mass is 9.89. The zero-order chi connectivity index (χ0) is 27.4. The van der Waals surface area contributed by atoms with Crippen molar-refractivity contribution in [3.63, 3.8) is 0 Å². The van der Waals surface area contributed by atoms with Gasteiger partial charge in [0, 0.05) is 17.0 Å². The fraction of sp³-hybridized carbons (Fsp3) is 0.250. The van der Waals surface area contributed by atoms with E-state index in [1.807, 2.05) is 24.3 Å². The Morgan fingerprint density at radius 3 is 2.48 bits per heavy atom. The molecule has 2 aliphatic heterocycles. The Morgan fingerprint density at radius 1 is 1.02 bits per heavy atom. The summed E-state index contributed by atoms with van der Waals surface area (Å²) in [5.41, 5.74) is 5.27. The number of nitrogens with one attached hydrogen (secondary N) is 1. The van der Waals surface area contributed by atoms with Crippen molar-refractivity contribution in [3.8, 4) is 16.2 Å². The summed E-state index contributed by atoms with van der Waals surface area (Å²) in [5.74, 6) is 0.364. The zero-order valence-corrected chi connectivity index (χ0v) is 25.4. The molecule has 1 saturated heterocycles. The van der Waals surface area contributed by atoms with Crippen LogP contribution in [-0.2, 0) is 6.54 Å². The predicted molar refractivity (Wildman–Crippen MR) is 170 cm³/mol. The van der Waals surface area contributed by atoms with E-state index in [2.05, 4.69) is 47.3 Å². The second kappa shape index (κ2) is 12.1. The molecule has 1 fully saturated rings. The lowest BCUT2D eigenvalue weighted by molar-refractivity contribution is 0.0727. The summed E-state index contributed by atoms with van der Waals surface area (Å²) >= 11 is 1.48. The number of phenolic OH excluding ortho intramolecular Hbond substituents is 1. The average molecular weight is 626 g/mol. The Morgan fingerprint density at radius 2 is 1.76 bits per heavy atom. The van der Waals surface area contributed by atoms with Gasteiger partial charge in [-0.15, -0.1) is 36.2 Å². The number of halogens is 3. The predicted octanol–water partition coefficient (Wildman–Crippen LogP) is 7.53. The smallest absolute Gasteiger partial charge is 0.265 e. The second-order valence-corrected chi connectivity index (χ2v) is 11.9. The van der Waals surface area contributed by atoms with Gasteiger partial charge in [0.2, 0.25) is 0 Å². The van der Waals surface area contributed by atoms with Crippen LogP contribution in [0.1, 0.15) is 57.0 Å². The zero-order valence-electron chi connectivity index (χ0n) is 22.9. The lowest BCUT2D eigenvalue weighted by Crippen LogP contribution is -2.31. The Labute approximate surface area is 260 Å². The van der Waals surface area contributed by atoms with E-state index in [1.165, 1.54) is 47.9 Å². The van der Waals surface area contributed by atoms with E-state index in [9.17, 15) is 14.3 Å². The summed E-state index contributed by atoms with van der Waals surface area (Å²) in [6, 6.07) is 21.5. The molecule has 0 radical (unpaired) electrons. The number of thiophene rings is 1. The molecule has 1 unspecified atom stereocenters. The highest BCUT2D eigenvalue weighted by atomic mass is 35.5. The number of aromatic hydroxyl groups is 1. The molecule has 2 aliphatic rings. The van der Waals surface area contributed by atoms with Crippen LogP contribution in [0.15, 0.2) is 72.8 Å². The van der Waals surface area contributed by atoms with Gasteiger partial charge in [-0.2, -0.15) is 0 Å². The number of likely N-dealkylation sites (tertiary alicyclic amines) is 1. The van der Waals surface area contributed by atoms with E-state index in [0.717, 1.165) is 40.1 Å². The van der Waals surface area contributed by atoms with Crippen molar-refractivity contribution in [1.82, 2.24) is 19.8 Å². The SMILES string of the molecule is CN1CCC(c2ccc(-c3cc4c(s3)C(=O)N(C(c3nc5ccccc5[nH]3)c3cc(F)ccc3O)C4)cc2)CC1.Cl.Cl. The molecule has 7 rings (SSSR count). The van der Waals surface area contributed by atoms with Gasteiger partial charge in [0.05, 0.1) is 15.9 Å². The number of fused-ring (bicyclic) bond motifs is 2. The van der Waals surface area contributed by atoms with Crippen LogP contribution in [0.25, 0.3) is 21.5 Å². The van der Waals surface area contributed by atoms with Gasteiger partial charge in [0.1, 0.15) is 23.4 Å². The summed E-state index contributed by atoms with van der Waals surface area (Å²) in [5, 5.41) is 10.7. The second-order valence-electron chi connectivity index (χ2n) is 10.8. The molecule has 5 aromatic rings. The summed E-state index contributed by atoms with van der Waals surface area (Å²) < 4.78 is 14.4. The molecule has 1 amide bonds. The van der Waals surface area contributed by atoms with Crippen molar-refractivity contribution in [2.24, 2.45) is 0 Å². The van der Waals surface area contributed by atoms with Gasteiger partial charge in [0.25, 0.3) is 5.91 Å². The number of para-hydroxylation sites is 2. The molecule has 0 bridgehead atoms. The topological polar surface area (TPSA) is 72.5 Å². The number of aromatic amines is 1. The number of aromatic nitrogens is 2. The molecule has 0 spiro atoms. The number of benzene rings is 3. The number of hydrogen-bond acceptors (Lipinski definition) is 5. The number of nitrogens with zero attached hydrogens (tertiary/aromatic N) is 3. The number of carbonyl (C=O) groups is 1. The van der Waals surface area contributed by atoms with Crippen molar-refractivity contribution < 1.29 is 14.3 Å². The number of phenols is 1. The first-order chi connectivity index (χ1) is 19.4. The highest BCUT2D eigenvalue weighted by Gasteiger charge is 2.39. The monoisotopic (exact) mass is 624 g/mol. The number of piperidine rings is 1. The van der Waals surface area contributed by atoms with Crippen molar-refractivity contribution >= 4 is 53.1 Å². The Hall–Kier alpha value is -3.43. The molecule has 1 atom stereocenters. The third-order valence-corrected chi connectivity index (χ3v) is 9.47. The highest BCUT2D eigenvalue weighted by molar-refractivity contribution is 7.17. The molecule has 218 valence electrons. The maximum absolute atomic E-state index is 14.4. The van der Waals surface area contributed by atoms with Crippen LogP contribution in [-0.4, -0.2) is 50.9 Å². The Balaban J connectivity index is 0.00000176. The van der Waals surface area contributed by atoms with Gasteiger partial charge in [-0.1, -0.05) is 36.4 Å². The highest BCUT2D eigenvalue weighted by Crippen LogP contribution is 2.43. The summed E-state index contributed by atoms with van der Waals surface area (Å²) in [6.07, 6.45) is 2.36. The van der Waals surface area contributed by atoms with Crippen molar-refractivity contribution in [2.45, 2.75) is 31.3 Å². The number of rotatable bonds is 5. The van der Waals surface area contributed by atoms with Crippen LogP contribution in [0.2, 0.25) is 0 Å². The van der Waals surface area contributed by atoms with E-state index in [0.29, 0.717) is 28.7 Å². The Bertz CT molecular complexity index is 1700. The minimum atomic E-state index is -0.771. The molecule has 42 heavy (non-hydrogen) atoms. The maximum atomic E-state index is 14.4. The normalized spacial score (nSPS) is 16.2. The fourth-order valence-electron chi connectivity index (χ4n) is 6.03. The van der Waals surface area contributed by atoms with Crippen LogP contribution < -0.4 is 0 Å². The van der Waals surface area contributed by atoms with Crippen LogP contribution in [0, 0.1) is 5.82 Å². The largest absolute Gasteiger partial charge is 0.508 e. The van der Waals surface area contributed by atoms with Gasteiger partial charge in [-0.05, 0) is 92.0 Å². The molecular formula is C32H31Cl2FN4O2S. The molecular weight excluding hydrogens is 594 g/mol. The van der Waals surface area contributed by atoms with Gasteiger partial charge in [-0.25, -0.2) is 9.37 Å². The van der Waals surface area contributed by atoms with Crippen LogP contribution >= 0.6 is 36.2 Å². The molecule has 2 aromatic heterocycles. The quantitative estimate of drug-likeness (QED) is 0.212. The first kappa shape index (κ1) is 30.0. The van der Waals surface area contributed by atoms with Gasteiger partial charge < -0.3 is 19.9 Å². The lowest BCUT2D eigenvalue weighted by Gasteiger charge is -2.29. The summed E-state index contributed by atoms with van der Waals surface area (Å²) in [6.45, 7) is 2.60. The third-order valence-electron chi connectivity index (χ3n) is 8.25. The van der Waals surface area contributed by atoms with Crippen LogP contribution in [0.4, 0.5) is 4.39 Å². The Kier molecular flexibility index (Phi) is 8.62. The van der Waals surface area contributed by atoms with Gasteiger partial charge >= 0.3 is 0 Å². The van der Waals surface area contributed by atoms with Gasteiger partial charge in [-0.3, -0.25) is 4.79 Å². The van der Waals surface area contributed by atoms with Crippen molar-refractivity contribution in [1.29, 1.82) is 0 Å². The molecule has 4 heterocycles. The molecule has 0 saturated carbocycles. The molecule has 3 aromatic carbocycles. The van der Waals surface area contributed by atoms with Crippen molar-refractivity contribution in [2.75, 3.05) is 20.1 Å². The van der Waals surface area contributed by atoms with Crippen LogP contribution in [0.5, 0.6) is 5.75 Å². The third kappa shape index (κ3) is 5.40. The summed E-state index contributed by atoms with van der Waals surface area (Å²) in [4.78, 5) is 27.6. The van der Waals surface area contributed by atoms with Crippen molar-refractivity contribution in [3.05, 3.63) is 106 Å². The average Bonchev–Trinajstić information content (AvgIpc) is 3.66. The minimum Gasteiger partial charge on any atom is -0.508 e. The van der Waals surface area contributed by atoms with E-state index in [1.54, 1.807) is 4.90 Å². The van der Waals surface area contributed by atoms with E-state index in [-0.39, 0.29) is 36.5 Å². The number of imidazole rings is 1. The van der Waals surface area contributed by atoms with E-state index >= 15 is 0 Å². The van der Waals surface area contributed by atoms with E-state index in [4.69, 9.17) is 4.98 Å². The number of hydrogen-bond donors (Lipinski definition) is 2. The molecule has 0 aliphatic carbocycles. The maximum Gasteiger partial charge on any atom is 0.265 e. The van der Waals surface area contributed by atoms with Crippen LogP contribution in [0.3, 0.4) is 0 Å². The number of amides is 1. The van der Waals surface area contributed by atoms with Gasteiger partial charge in [0.15, 0.2) is 0 Å². The molecule has 2 N–H and O–H groups in total. The summed E-state index contributed by atoms with van der Waals surface area (Å²) in [7, 11) is 2.18. The fourth-order valence-corrected chi connectivity index (χ4v) is 7.17. The number of H-pyrrole nitrogens is 1. The first-order valence-corrected chi connectivity index (χ1v) is 14.4. The molecule has 6 nitrogen and oxygen atoms in total. The first-order valence-electron chi connectivity index (χ1n) is 13.6. The minimum absolute atomic E-state index is 0.